The van der Waals surface area contributed by atoms with Gasteiger partial charge in [0.2, 0.25) is 58.2 Å². The molecule has 0 radical (unpaired) electrons. The van der Waals surface area contributed by atoms with Crippen molar-refractivity contribution in [3.8, 4) is 11.5 Å². The van der Waals surface area contributed by atoms with Gasteiger partial charge in [-0.1, -0.05) is 47.5 Å². The highest BCUT2D eigenvalue weighted by Crippen LogP contribution is 2.43. The van der Waals surface area contributed by atoms with Gasteiger partial charge in [0.25, 0.3) is 0 Å². The minimum Gasteiger partial charge on any atom is -0.476 e. The molecule has 2 aliphatic heterocycles. The van der Waals surface area contributed by atoms with Crippen LogP contribution in [0.2, 0.25) is 10.0 Å². The maximum atomic E-state index is 14.7. The molecule has 2 aliphatic rings. The summed E-state index contributed by atoms with van der Waals surface area (Å²) in [6.45, 7) is -0.729. The standard InChI is InChI=1S/C38H26Cl2F10N2O6/c39-21-5-1-19(2-6-21)37(55-35-31(47)27(43)25(41)28(44)32(35)48)11-15-51(16-12-37)57-23(53)9-10-24(54)58-52-17-13-38(14-18-52,20-3-7-22(40)8-4-20)56-36-33(49)29(45)26(42)30(46)34(36)50/h1-10H,11-18H2/b10-9+. The van der Waals surface area contributed by atoms with Crippen LogP contribution in [0.3, 0.4) is 0 Å². The zero-order chi connectivity index (χ0) is 42.1. The van der Waals surface area contributed by atoms with Gasteiger partial charge in [-0.15, -0.1) is 10.1 Å². The van der Waals surface area contributed by atoms with Crippen LogP contribution < -0.4 is 9.47 Å². The first-order valence-electron chi connectivity index (χ1n) is 17.0. The quantitative estimate of drug-likeness (QED) is 0.0677. The molecular weight excluding hydrogens is 841 g/mol. The summed E-state index contributed by atoms with van der Waals surface area (Å²) < 4.78 is 153. The molecule has 0 aliphatic carbocycles. The minimum atomic E-state index is -2.37. The molecule has 308 valence electrons. The lowest BCUT2D eigenvalue weighted by molar-refractivity contribution is -0.201. The van der Waals surface area contributed by atoms with Gasteiger partial charge in [-0.2, -0.15) is 17.6 Å². The van der Waals surface area contributed by atoms with E-state index in [9.17, 15) is 53.5 Å². The van der Waals surface area contributed by atoms with Crippen molar-refractivity contribution >= 4 is 35.1 Å². The fourth-order valence-electron chi connectivity index (χ4n) is 6.47. The van der Waals surface area contributed by atoms with Crippen molar-refractivity contribution in [2.75, 3.05) is 26.2 Å². The molecule has 0 bridgehead atoms. The number of nitrogens with zero attached hydrogens (tertiary/aromatic N) is 2. The van der Waals surface area contributed by atoms with Gasteiger partial charge in [-0.05, 0) is 35.4 Å². The number of hydrogen-bond acceptors (Lipinski definition) is 8. The lowest BCUT2D eigenvalue weighted by atomic mass is 9.84. The molecule has 0 spiro atoms. The minimum absolute atomic E-state index is 0.182. The van der Waals surface area contributed by atoms with E-state index in [-0.39, 0.29) is 73.0 Å². The van der Waals surface area contributed by atoms with E-state index in [0.29, 0.717) is 12.2 Å². The van der Waals surface area contributed by atoms with E-state index >= 15 is 0 Å². The first-order chi connectivity index (χ1) is 27.4. The Kier molecular flexibility index (Phi) is 12.5. The van der Waals surface area contributed by atoms with Gasteiger partial charge < -0.3 is 19.1 Å². The van der Waals surface area contributed by atoms with Gasteiger partial charge in [-0.3, -0.25) is 0 Å². The Morgan fingerprint density at radius 2 is 0.724 bits per heavy atom. The number of rotatable bonds is 10. The molecule has 0 saturated carbocycles. The lowest BCUT2D eigenvalue weighted by Crippen LogP contribution is -2.47. The van der Waals surface area contributed by atoms with E-state index in [4.69, 9.17) is 42.4 Å². The van der Waals surface area contributed by atoms with E-state index in [0.717, 1.165) is 10.1 Å². The molecule has 20 heteroatoms. The maximum absolute atomic E-state index is 14.7. The SMILES string of the molecule is O=C(/C=C/C(=O)ON1CCC(Oc2c(F)c(F)c(F)c(F)c2F)(c2ccc(Cl)cc2)CC1)ON1CCC(Oc2c(F)c(F)c(F)c(F)c2F)(c2ccc(Cl)cc2)CC1. The summed E-state index contributed by atoms with van der Waals surface area (Å²) in [6, 6.07) is 11.4. The van der Waals surface area contributed by atoms with Crippen LogP contribution in [0.25, 0.3) is 0 Å². The highest BCUT2D eigenvalue weighted by molar-refractivity contribution is 6.30. The fraction of sp³-hybridized carbons (Fsp3) is 0.263. The molecule has 58 heavy (non-hydrogen) atoms. The molecule has 2 fully saturated rings. The summed E-state index contributed by atoms with van der Waals surface area (Å²) in [6.07, 6.45) is 0.620. The molecule has 4 aromatic rings. The van der Waals surface area contributed by atoms with Crippen molar-refractivity contribution in [2.45, 2.75) is 36.9 Å². The largest absolute Gasteiger partial charge is 0.476 e. The molecule has 4 aromatic carbocycles. The third kappa shape index (κ3) is 8.55. The number of ether oxygens (including phenoxy) is 2. The van der Waals surface area contributed by atoms with Crippen LogP contribution in [0.5, 0.6) is 11.5 Å². The number of benzene rings is 4. The first-order valence-corrected chi connectivity index (χ1v) is 17.8. The van der Waals surface area contributed by atoms with E-state index in [1.54, 1.807) is 0 Å². The first kappa shape index (κ1) is 42.6. The van der Waals surface area contributed by atoms with E-state index in [1.807, 2.05) is 0 Å². The second-order valence-electron chi connectivity index (χ2n) is 13.0. The van der Waals surface area contributed by atoms with Gasteiger partial charge in [0, 0.05) is 74.1 Å². The van der Waals surface area contributed by atoms with Crippen LogP contribution in [-0.4, -0.2) is 48.2 Å². The second-order valence-corrected chi connectivity index (χ2v) is 13.9. The third-order valence-electron chi connectivity index (χ3n) is 9.53. The summed E-state index contributed by atoms with van der Waals surface area (Å²) in [4.78, 5) is 35.7. The third-order valence-corrected chi connectivity index (χ3v) is 10.0. The average molecular weight is 868 g/mol. The lowest BCUT2D eigenvalue weighted by Gasteiger charge is -2.41. The molecule has 0 unspecified atom stereocenters. The number of halogens is 12. The molecule has 6 rings (SSSR count). The maximum Gasteiger partial charge on any atom is 0.349 e. The summed E-state index contributed by atoms with van der Waals surface area (Å²) in [7, 11) is 0. The zero-order valence-corrected chi connectivity index (χ0v) is 30.8. The van der Waals surface area contributed by atoms with Crippen LogP contribution in [0.15, 0.2) is 60.7 Å². The number of carbonyl (C=O) groups excluding carboxylic acids is 2. The van der Waals surface area contributed by atoms with E-state index < -0.39 is 92.8 Å². The Balaban J connectivity index is 1.08. The zero-order valence-electron chi connectivity index (χ0n) is 29.3. The molecule has 0 N–H and O–H groups in total. The van der Waals surface area contributed by atoms with Crippen molar-refractivity contribution in [1.82, 2.24) is 10.1 Å². The Hall–Kier alpha value is -5.04. The number of hydroxylamine groups is 4. The number of hydrogen-bond donors (Lipinski definition) is 0. The van der Waals surface area contributed by atoms with Crippen LogP contribution in [0.4, 0.5) is 43.9 Å². The average Bonchev–Trinajstić information content (AvgIpc) is 3.22. The highest BCUT2D eigenvalue weighted by atomic mass is 35.5. The topological polar surface area (TPSA) is 77.5 Å². The van der Waals surface area contributed by atoms with Crippen molar-refractivity contribution in [1.29, 1.82) is 0 Å². The van der Waals surface area contributed by atoms with Gasteiger partial charge >= 0.3 is 11.9 Å². The van der Waals surface area contributed by atoms with Gasteiger partial charge in [0.15, 0.2) is 11.5 Å². The van der Waals surface area contributed by atoms with Gasteiger partial charge in [0.1, 0.15) is 11.2 Å². The van der Waals surface area contributed by atoms with Crippen LogP contribution in [-0.2, 0) is 30.5 Å². The van der Waals surface area contributed by atoms with Crippen LogP contribution in [0, 0.1) is 58.2 Å². The highest BCUT2D eigenvalue weighted by Gasteiger charge is 2.44. The predicted molar refractivity (Wildman–Crippen MR) is 183 cm³/mol. The molecular formula is C38H26Cl2F10N2O6. The fourth-order valence-corrected chi connectivity index (χ4v) is 6.73. The number of carbonyl (C=O) groups is 2. The van der Waals surface area contributed by atoms with Crippen molar-refractivity contribution < 1.29 is 72.6 Å². The molecule has 2 heterocycles. The molecule has 0 atom stereocenters. The number of piperidine rings is 2. The van der Waals surface area contributed by atoms with Crippen LogP contribution in [0.1, 0.15) is 36.8 Å². The second kappa shape index (κ2) is 17.1. The summed E-state index contributed by atoms with van der Waals surface area (Å²) in [5.41, 5.74) is -2.82. The Labute approximate surface area is 331 Å². The summed E-state index contributed by atoms with van der Waals surface area (Å²) >= 11 is 11.9. The predicted octanol–water partition coefficient (Wildman–Crippen LogP) is 9.30. The Bertz CT molecular complexity index is 2040. The molecule has 2 saturated heterocycles. The van der Waals surface area contributed by atoms with Crippen molar-refractivity contribution in [3.05, 3.63) is 140 Å². The molecule has 0 amide bonds. The van der Waals surface area contributed by atoms with Crippen LogP contribution >= 0.6 is 23.2 Å². The summed E-state index contributed by atoms with van der Waals surface area (Å²) in [5.74, 6) is -27.4. The summed E-state index contributed by atoms with van der Waals surface area (Å²) in [5, 5.41) is 2.77. The molecule has 8 nitrogen and oxygen atoms in total. The smallest absolute Gasteiger partial charge is 0.349 e. The Morgan fingerprint density at radius 3 is 1.00 bits per heavy atom. The van der Waals surface area contributed by atoms with Gasteiger partial charge in [-0.25, -0.2) is 35.9 Å². The van der Waals surface area contributed by atoms with Crippen molar-refractivity contribution in [3.63, 3.8) is 0 Å². The Morgan fingerprint density at radius 1 is 0.466 bits per heavy atom. The van der Waals surface area contributed by atoms with E-state index in [1.165, 1.54) is 48.5 Å². The normalized spacial score (nSPS) is 17.0. The van der Waals surface area contributed by atoms with E-state index in [2.05, 4.69) is 0 Å². The monoisotopic (exact) mass is 866 g/mol. The van der Waals surface area contributed by atoms with Gasteiger partial charge in [0.05, 0.1) is 0 Å². The van der Waals surface area contributed by atoms with Crippen molar-refractivity contribution in [2.24, 2.45) is 0 Å². The molecule has 0 aromatic heterocycles.